The van der Waals surface area contributed by atoms with Gasteiger partial charge in [-0.3, -0.25) is 4.72 Å². The van der Waals surface area contributed by atoms with Crippen molar-refractivity contribution in [1.82, 2.24) is 0 Å². The van der Waals surface area contributed by atoms with Crippen LogP contribution in [0, 0.1) is 17.5 Å². The van der Waals surface area contributed by atoms with Crippen LogP contribution in [-0.2, 0) is 10.0 Å². The van der Waals surface area contributed by atoms with E-state index in [1.165, 1.54) is 24.3 Å². The molecule has 106 valence electrons. The van der Waals surface area contributed by atoms with Gasteiger partial charge in [-0.05, 0) is 24.3 Å². The van der Waals surface area contributed by atoms with Crippen LogP contribution in [-0.4, -0.2) is 8.42 Å². The lowest BCUT2D eigenvalue weighted by Crippen LogP contribution is -2.16. The Labute approximate surface area is 113 Å². The van der Waals surface area contributed by atoms with Crippen LogP contribution in [0.15, 0.2) is 41.3 Å². The fourth-order valence-corrected chi connectivity index (χ4v) is 2.72. The summed E-state index contributed by atoms with van der Waals surface area (Å²) in [6, 6.07) is 6.06. The average molecular weight is 302 g/mol. The molecular formula is C12H9F3N2O2S. The molecular weight excluding hydrogens is 293 g/mol. The molecule has 0 saturated heterocycles. The number of nitrogens with two attached hydrogens (primary N) is 1. The van der Waals surface area contributed by atoms with Gasteiger partial charge in [0.05, 0.1) is 0 Å². The summed E-state index contributed by atoms with van der Waals surface area (Å²) in [6.45, 7) is 0. The zero-order valence-electron chi connectivity index (χ0n) is 9.90. The van der Waals surface area contributed by atoms with Gasteiger partial charge >= 0.3 is 0 Å². The molecule has 0 spiro atoms. The number of benzene rings is 2. The molecule has 0 aliphatic carbocycles. The molecule has 0 radical (unpaired) electrons. The molecule has 3 N–H and O–H groups in total. The maximum absolute atomic E-state index is 13.5. The lowest BCUT2D eigenvalue weighted by atomic mass is 10.3. The highest BCUT2D eigenvalue weighted by molar-refractivity contribution is 7.92. The molecule has 0 atom stereocenters. The number of rotatable bonds is 3. The van der Waals surface area contributed by atoms with Crippen LogP contribution in [0.25, 0.3) is 0 Å². The third kappa shape index (κ3) is 2.85. The van der Waals surface area contributed by atoms with Crippen LogP contribution in [0.4, 0.5) is 24.5 Å². The largest absolute Gasteiger partial charge is 0.399 e. The van der Waals surface area contributed by atoms with Gasteiger partial charge in [0.1, 0.15) is 17.5 Å². The highest BCUT2D eigenvalue weighted by Crippen LogP contribution is 2.23. The average Bonchev–Trinajstić information content (AvgIpc) is 2.30. The maximum atomic E-state index is 13.5. The molecule has 0 aliphatic rings. The minimum atomic E-state index is -4.51. The first-order valence-corrected chi connectivity index (χ1v) is 6.81. The topological polar surface area (TPSA) is 72.2 Å². The third-order valence-corrected chi connectivity index (χ3v) is 3.83. The molecule has 0 aromatic heterocycles. The summed E-state index contributed by atoms with van der Waals surface area (Å²) in [4.78, 5) is -1.24. The van der Waals surface area contributed by atoms with Crippen LogP contribution in [0.2, 0.25) is 0 Å². The van der Waals surface area contributed by atoms with Crippen molar-refractivity contribution in [1.29, 1.82) is 0 Å². The van der Waals surface area contributed by atoms with Crippen molar-refractivity contribution in [3.05, 3.63) is 53.8 Å². The lowest BCUT2D eigenvalue weighted by Gasteiger charge is -2.10. The zero-order valence-corrected chi connectivity index (χ0v) is 10.7. The van der Waals surface area contributed by atoms with E-state index >= 15 is 0 Å². The number of halogens is 3. The molecule has 2 aromatic rings. The van der Waals surface area contributed by atoms with Gasteiger partial charge in [0.2, 0.25) is 0 Å². The first kappa shape index (κ1) is 14.2. The van der Waals surface area contributed by atoms with Crippen LogP contribution in [0.3, 0.4) is 0 Å². The third-order valence-electron chi connectivity index (χ3n) is 2.39. The van der Waals surface area contributed by atoms with Gasteiger partial charge in [-0.25, -0.2) is 21.6 Å². The van der Waals surface area contributed by atoms with E-state index in [4.69, 9.17) is 5.73 Å². The minimum Gasteiger partial charge on any atom is -0.399 e. The van der Waals surface area contributed by atoms with Crippen LogP contribution >= 0.6 is 0 Å². The second-order valence-corrected chi connectivity index (χ2v) is 5.55. The van der Waals surface area contributed by atoms with Crippen molar-refractivity contribution in [2.75, 3.05) is 10.5 Å². The first-order chi connectivity index (χ1) is 9.29. The van der Waals surface area contributed by atoms with Gasteiger partial charge in [-0.1, -0.05) is 0 Å². The highest BCUT2D eigenvalue weighted by atomic mass is 32.2. The minimum absolute atomic E-state index is 0.0716. The molecule has 0 unspecified atom stereocenters. The van der Waals surface area contributed by atoms with Crippen molar-refractivity contribution < 1.29 is 21.6 Å². The van der Waals surface area contributed by atoms with E-state index in [2.05, 4.69) is 0 Å². The Kier molecular flexibility index (Phi) is 3.58. The van der Waals surface area contributed by atoms with Crippen molar-refractivity contribution in [3.8, 4) is 0 Å². The number of sulfonamides is 1. The van der Waals surface area contributed by atoms with Gasteiger partial charge in [0.15, 0.2) is 4.90 Å². The van der Waals surface area contributed by atoms with Gasteiger partial charge in [0.25, 0.3) is 10.0 Å². The fourth-order valence-electron chi connectivity index (χ4n) is 1.54. The molecule has 2 aromatic carbocycles. The van der Waals surface area contributed by atoms with Crippen molar-refractivity contribution in [3.63, 3.8) is 0 Å². The second kappa shape index (κ2) is 5.04. The van der Waals surface area contributed by atoms with E-state index in [9.17, 15) is 21.6 Å². The lowest BCUT2D eigenvalue weighted by molar-refractivity contribution is 0.498. The monoisotopic (exact) mass is 302 g/mol. The van der Waals surface area contributed by atoms with E-state index in [1.54, 1.807) is 0 Å². The van der Waals surface area contributed by atoms with E-state index in [-0.39, 0.29) is 5.69 Å². The fraction of sp³-hybridized carbons (Fsp3) is 0. The summed E-state index contributed by atoms with van der Waals surface area (Å²) in [6.07, 6.45) is 0. The molecule has 4 nitrogen and oxygen atoms in total. The molecule has 8 heteroatoms. The summed E-state index contributed by atoms with van der Waals surface area (Å²) in [5, 5.41) is 0. The Bertz CT molecular complexity index is 723. The molecule has 0 aliphatic heterocycles. The molecule has 0 saturated carbocycles. The number of nitrogen functional groups attached to an aromatic ring is 1. The van der Waals surface area contributed by atoms with Gasteiger partial charge in [-0.2, -0.15) is 0 Å². The molecule has 2 rings (SSSR count). The number of nitrogens with one attached hydrogen (secondary N) is 1. The molecule has 0 bridgehead atoms. The van der Waals surface area contributed by atoms with Crippen LogP contribution in [0.5, 0.6) is 0 Å². The summed E-state index contributed by atoms with van der Waals surface area (Å²) in [5.74, 6) is -4.22. The SMILES string of the molecule is Nc1ccc(NS(=O)(=O)c2c(F)cc(F)cc2F)cc1. The standard InChI is InChI=1S/C12H9F3N2O2S/c13-7-5-10(14)12(11(15)6-7)20(18,19)17-9-3-1-8(16)2-4-9/h1-6,17H,16H2. The number of anilines is 2. The Balaban J connectivity index is 2.43. The summed E-state index contributed by atoms with van der Waals surface area (Å²) >= 11 is 0. The van der Waals surface area contributed by atoms with E-state index < -0.39 is 32.4 Å². The van der Waals surface area contributed by atoms with Crippen LogP contribution in [0.1, 0.15) is 0 Å². The highest BCUT2D eigenvalue weighted by Gasteiger charge is 2.25. The maximum Gasteiger partial charge on any atom is 0.267 e. The van der Waals surface area contributed by atoms with E-state index in [0.29, 0.717) is 17.8 Å². The van der Waals surface area contributed by atoms with Crippen molar-refractivity contribution in [2.24, 2.45) is 0 Å². The quantitative estimate of drug-likeness (QED) is 0.856. The molecule has 0 heterocycles. The van der Waals surface area contributed by atoms with E-state index in [0.717, 1.165) is 0 Å². The smallest absolute Gasteiger partial charge is 0.267 e. The molecule has 0 amide bonds. The Morgan fingerprint density at radius 3 is 1.95 bits per heavy atom. The first-order valence-electron chi connectivity index (χ1n) is 5.32. The van der Waals surface area contributed by atoms with Crippen LogP contribution < -0.4 is 10.5 Å². The van der Waals surface area contributed by atoms with Gasteiger partial charge in [-0.15, -0.1) is 0 Å². The van der Waals surface area contributed by atoms with Gasteiger partial charge in [0, 0.05) is 23.5 Å². The number of hydrogen-bond donors (Lipinski definition) is 2. The molecule has 20 heavy (non-hydrogen) atoms. The second-order valence-electron chi connectivity index (χ2n) is 3.93. The normalized spacial score (nSPS) is 11.3. The summed E-state index contributed by atoms with van der Waals surface area (Å²) in [5.41, 5.74) is 5.89. The Morgan fingerprint density at radius 2 is 1.45 bits per heavy atom. The molecule has 0 fully saturated rings. The Hall–Kier alpha value is -2.22. The van der Waals surface area contributed by atoms with E-state index in [1.807, 2.05) is 4.72 Å². The Morgan fingerprint density at radius 1 is 0.950 bits per heavy atom. The van der Waals surface area contributed by atoms with Crippen molar-refractivity contribution in [2.45, 2.75) is 4.90 Å². The van der Waals surface area contributed by atoms with Gasteiger partial charge < -0.3 is 5.73 Å². The predicted octanol–water partition coefficient (Wildman–Crippen LogP) is 2.49. The van der Waals surface area contributed by atoms with Crippen molar-refractivity contribution >= 4 is 21.4 Å². The summed E-state index contributed by atoms with van der Waals surface area (Å²) < 4.78 is 65.4. The summed E-state index contributed by atoms with van der Waals surface area (Å²) in [7, 11) is -4.51. The number of hydrogen-bond acceptors (Lipinski definition) is 3. The predicted molar refractivity (Wildman–Crippen MR) is 68.0 cm³/mol. The zero-order chi connectivity index (χ0) is 14.9.